The van der Waals surface area contributed by atoms with Crippen LogP contribution in [0.25, 0.3) is 0 Å². The van der Waals surface area contributed by atoms with E-state index in [1.807, 2.05) is 0 Å². The van der Waals surface area contributed by atoms with E-state index < -0.39 is 7.54 Å². The molecule has 2 fully saturated rings. The van der Waals surface area contributed by atoms with Crippen molar-refractivity contribution in [2.75, 3.05) is 39.4 Å². The van der Waals surface area contributed by atoms with Gasteiger partial charge in [0.25, 0.3) is 0 Å². The van der Waals surface area contributed by atoms with Crippen LogP contribution in [0.15, 0.2) is 0 Å². The Hall–Kier alpha value is -0.295. The van der Waals surface area contributed by atoms with Gasteiger partial charge in [-0.15, -0.1) is 0 Å². The fourth-order valence-corrected chi connectivity index (χ4v) is 2.18. The summed E-state index contributed by atoms with van der Waals surface area (Å²) in [5.41, 5.74) is 0. The molecule has 2 aliphatic heterocycles. The van der Waals surface area contributed by atoms with Gasteiger partial charge in [-0.2, -0.15) is 0 Å². The molecule has 2 heterocycles. The van der Waals surface area contributed by atoms with Gasteiger partial charge in [0.1, 0.15) is 13.1 Å². The lowest BCUT2D eigenvalue weighted by atomic mass is 10.3. The molecular weight excluding hydrogens is 213 g/mol. The van der Waals surface area contributed by atoms with Crippen LogP contribution >= 0.6 is 0 Å². The number of halogens is 4. The van der Waals surface area contributed by atoms with Crippen molar-refractivity contribution in [3.8, 4) is 0 Å². The number of nitrogens with zero attached hydrogens (tertiary/aromatic N) is 1. The molecule has 2 saturated heterocycles. The number of morpholine rings is 1. The number of rotatable bonds is 0. The maximum atomic E-state index is 9.67. The van der Waals surface area contributed by atoms with Crippen molar-refractivity contribution in [1.82, 2.24) is 0 Å². The summed E-state index contributed by atoms with van der Waals surface area (Å²) in [7, 11) is -3.67. The van der Waals surface area contributed by atoms with E-state index in [1.54, 1.807) is 0 Å². The Labute approximate surface area is 87.6 Å². The standard InChI is InChI=1S/C8H16NO.BF3.FH/c1-2-4-9(3-1)5-7-10-8-6-9;2-1(3)4;/h1-8H2;;1H/q+1;;/p-1. The predicted octanol–water partition coefficient (Wildman–Crippen LogP) is -1.49. The summed E-state index contributed by atoms with van der Waals surface area (Å²) in [4.78, 5) is 0. The summed E-state index contributed by atoms with van der Waals surface area (Å²) in [5.74, 6) is 0. The van der Waals surface area contributed by atoms with Gasteiger partial charge in [-0.3, -0.25) is 12.9 Å². The monoisotopic (exact) mass is 229 g/mol. The van der Waals surface area contributed by atoms with Crippen molar-refractivity contribution in [1.29, 1.82) is 0 Å². The van der Waals surface area contributed by atoms with Gasteiger partial charge in [-0.25, -0.2) is 0 Å². The van der Waals surface area contributed by atoms with Crippen LogP contribution in [0.3, 0.4) is 0 Å². The second-order valence-electron chi connectivity index (χ2n) is 3.80. The minimum Gasteiger partial charge on any atom is -1.00 e. The zero-order valence-electron chi connectivity index (χ0n) is 8.60. The fourth-order valence-electron chi connectivity index (χ4n) is 2.18. The molecule has 0 aromatic rings. The Morgan fingerprint density at radius 2 is 1.27 bits per heavy atom. The largest absolute Gasteiger partial charge is 1.00 e. The molecule has 0 saturated carbocycles. The highest BCUT2D eigenvalue weighted by molar-refractivity contribution is 6.33. The molecule has 0 aromatic heterocycles. The number of quaternary nitrogens is 1. The lowest BCUT2D eigenvalue weighted by molar-refractivity contribution is -0.923. The Morgan fingerprint density at radius 3 is 1.67 bits per heavy atom. The minimum atomic E-state index is -3.67. The van der Waals surface area contributed by atoms with E-state index in [1.165, 1.54) is 43.5 Å². The van der Waals surface area contributed by atoms with E-state index >= 15 is 0 Å². The highest BCUT2D eigenvalue weighted by atomic mass is 19.4. The van der Waals surface area contributed by atoms with Crippen LogP contribution in [0.4, 0.5) is 12.9 Å². The first-order chi connectivity index (χ1) is 6.65. The van der Waals surface area contributed by atoms with Crippen molar-refractivity contribution in [2.24, 2.45) is 0 Å². The molecule has 0 atom stereocenters. The maximum Gasteiger partial charge on any atom is 0.762 e. The molecular formula is C8H16BF4NO. The summed E-state index contributed by atoms with van der Waals surface area (Å²) in [6.07, 6.45) is 2.89. The maximum absolute atomic E-state index is 9.67. The van der Waals surface area contributed by atoms with Crippen LogP contribution in [0, 0.1) is 0 Å². The molecule has 2 rings (SSSR count). The highest BCUT2D eigenvalue weighted by Gasteiger charge is 2.33. The summed E-state index contributed by atoms with van der Waals surface area (Å²) < 4.78 is 35.7. The van der Waals surface area contributed by atoms with Gasteiger partial charge < -0.3 is 13.9 Å². The predicted molar refractivity (Wildman–Crippen MR) is 48.9 cm³/mol. The molecule has 0 N–H and O–H groups in total. The molecule has 90 valence electrons. The third-order valence-electron chi connectivity index (χ3n) is 2.93. The molecule has 1 spiro atoms. The van der Waals surface area contributed by atoms with Crippen LogP contribution in [0.1, 0.15) is 12.8 Å². The van der Waals surface area contributed by atoms with E-state index in [4.69, 9.17) is 4.74 Å². The quantitative estimate of drug-likeness (QED) is 0.279. The van der Waals surface area contributed by atoms with E-state index in [0.717, 1.165) is 13.2 Å². The second-order valence-corrected chi connectivity index (χ2v) is 3.80. The zero-order chi connectivity index (χ0) is 10.4. The third-order valence-corrected chi connectivity index (χ3v) is 2.93. The van der Waals surface area contributed by atoms with Crippen molar-refractivity contribution >= 4 is 7.54 Å². The molecule has 0 amide bonds. The first-order valence-corrected chi connectivity index (χ1v) is 5.00. The third kappa shape index (κ3) is 5.37. The SMILES string of the molecule is C1CC[N+]2(C1)CCOCC2.FB(F)F.[F-]. The zero-order valence-corrected chi connectivity index (χ0v) is 8.60. The highest BCUT2D eigenvalue weighted by Crippen LogP contribution is 2.20. The van der Waals surface area contributed by atoms with E-state index in [0.29, 0.717) is 0 Å². The Kier molecular flexibility index (Phi) is 6.92. The molecule has 0 unspecified atom stereocenters. The summed E-state index contributed by atoms with van der Waals surface area (Å²) in [5, 5.41) is 0. The first-order valence-electron chi connectivity index (χ1n) is 5.00. The molecule has 0 radical (unpaired) electrons. The first kappa shape index (κ1) is 14.7. The van der Waals surface area contributed by atoms with Crippen molar-refractivity contribution < 1.29 is 26.9 Å². The fraction of sp³-hybridized carbons (Fsp3) is 1.00. The van der Waals surface area contributed by atoms with Crippen LogP contribution in [-0.2, 0) is 4.74 Å². The summed E-state index contributed by atoms with van der Waals surface area (Å²) in [6.45, 7) is 7.40. The van der Waals surface area contributed by atoms with Crippen LogP contribution in [0.2, 0.25) is 0 Å². The lowest BCUT2D eigenvalue weighted by Gasteiger charge is -2.37. The molecule has 2 aliphatic rings. The number of hydrogen-bond acceptors (Lipinski definition) is 1. The van der Waals surface area contributed by atoms with Gasteiger partial charge in [0.05, 0.1) is 26.3 Å². The van der Waals surface area contributed by atoms with Crippen LogP contribution in [0.5, 0.6) is 0 Å². The van der Waals surface area contributed by atoms with Gasteiger partial charge in [0, 0.05) is 12.8 Å². The minimum absolute atomic E-state index is 0. The lowest BCUT2D eigenvalue weighted by Crippen LogP contribution is -3.00. The van der Waals surface area contributed by atoms with E-state index in [-0.39, 0.29) is 4.70 Å². The Balaban J connectivity index is 0.000000346. The van der Waals surface area contributed by atoms with Crippen molar-refractivity contribution in [3.63, 3.8) is 0 Å². The number of hydrogen-bond donors (Lipinski definition) is 0. The smallest absolute Gasteiger partial charge is 0.762 e. The van der Waals surface area contributed by atoms with Gasteiger partial charge in [-0.1, -0.05) is 0 Å². The van der Waals surface area contributed by atoms with Crippen LogP contribution < -0.4 is 4.70 Å². The molecule has 7 heteroatoms. The topological polar surface area (TPSA) is 9.23 Å². The average molecular weight is 229 g/mol. The van der Waals surface area contributed by atoms with Gasteiger partial charge in [-0.05, 0) is 0 Å². The molecule has 0 bridgehead atoms. The molecule has 0 aromatic carbocycles. The summed E-state index contributed by atoms with van der Waals surface area (Å²) >= 11 is 0. The van der Waals surface area contributed by atoms with Crippen LogP contribution in [-0.4, -0.2) is 51.4 Å². The molecule has 15 heavy (non-hydrogen) atoms. The number of ether oxygens (including phenoxy) is 1. The second kappa shape index (κ2) is 7.06. The summed E-state index contributed by atoms with van der Waals surface area (Å²) in [6, 6.07) is 0. The van der Waals surface area contributed by atoms with Crippen molar-refractivity contribution in [2.45, 2.75) is 12.8 Å². The molecule has 2 nitrogen and oxygen atoms in total. The van der Waals surface area contributed by atoms with Gasteiger partial charge >= 0.3 is 7.54 Å². The van der Waals surface area contributed by atoms with Gasteiger partial charge in [0.15, 0.2) is 0 Å². The van der Waals surface area contributed by atoms with Gasteiger partial charge in [0.2, 0.25) is 0 Å². The molecule has 0 aliphatic carbocycles. The normalized spacial score (nSPS) is 22.6. The van der Waals surface area contributed by atoms with Crippen molar-refractivity contribution in [3.05, 3.63) is 0 Å². The van der Waals surface area contributed by atoms with E-state index in [2.05, 4.69) is 0 Å². The Bertz CT molecular complexity index is 156. The average Bonchev–Trinajstić information content (AvgIpc) is 2.54. The van der Waals surface area contributed by atoms with E-state index in [9.17, 15) is 12.9 Å². The Morgan fingerprint density at radius 1 is 0.867 bits per heavy atom.